The molecule has 4 atom stereocenters. The first-order valence-electron chi connectivity index (χ1n) is 9.05. The molecule has 1 spiro atoms. The third-order valence-corrected chi connectivity index (χ3v) is 5.40. The lowest BCUT2D eigenvalue weighted by Gasteiger charge is -2.46. The van der Waals surface area contributed by atoms with E-state index in [0.717, 1.165) is 19.4 Å². The van der Waals surface area contributed by atoms with E-state index in [1.807, 2.05) is 45.0 Å². The molecule has 3 heterocycles. The zero-order chi connectivity index (χ0) is 17.8. The van der Waals surface area contributed by atoms with Crippen LogP contribution in [0.2, 0.25) is 0 Å². The minimum Gasteiger partial charge on any atom is -0.485 e. The highest BCUT2D eigenvalue weighted by molar-refractivity contribution is 6.00. The van der Waals surface area contributed by atoms with E-state index in [9.17, 15) is 9.59 Å². The number of rotatable bonds is 1. The summed E-state index contributed by atoms with van der Waals surface area (Å²) in [5, 5.41) is 0. The molecule has 5 heteroatoms. The molecule has 0 aromatic heterocycles. The molecule has 0 N–H and O–H groups in total. The summed E-state index contributed by atoms with van der Waals surface area (Å²) < 4.78 is 11.9. The highest BCUT2D eigenvalue weighted by atomic mass is 16.6. The summed E-state index contributed by atoms with van der Waals surface area (Å²) in [4.78, 5) is 27.4. The van der Waals surface area contributed by atoms with Gasteiger partial charge in [0.15, 0.2) is 5.78 Å². The molecular weight excluding hydrogens is 318 g/mol. The minimum absolute atomic E-state index is 0.137. The molecule has 2 bridgehead atoms. The van der Waals surface area contributed by atoms with E-state index >= 15 is 0 Å². The van der Waals surface area contributed by atoms with Crippen LogP contribution in [-0.4, -0.2) is 47.0 Å². The number of hydrogen-bond acceptors (Lipinski definition) is 5. The molecule has 0 radical (unpaired) electrons. The molecule has 5 nitrogen and oxygen atoms in total. The van der Waals surface area contributed by atoms with Crippen LogP contribution in [0.5, 0.6) is 5.75 Å². The second-order valence-electron chi connectivity index (χ2n) is 8.58. The number of piperidine rings is 1. The maximum absolute atomic E-state index is 12.6. The Bertz CT molecular complexity index is 707. The Kier molecular flexibility index (Phi) is 3.69. The van der Waals surface area contributed by atoms with Crippen LogP contribution in [0.1, 0.15) is 50.4 Å². The van der Waals surface area contributed by atoms with Gasteiger partial charge in [-0.2, -0.15) is 0 Å². The van der Waals surface area contributed by atoms with Gasteiger partial charge >= 0.3 is 5.97 Å². The molecule has 2 saturated heterocycles. The van der Waals surface area contributed by atoms with Gasteiger partial charge in [0.1, 0.15) is 23.0 Å². The molecule has 4 rings (SSSR count). The largest absolute Gasteiger partial charge is 0.485 e. The predicted molar refractivity (Wildman–Crippen MR) is 92.7 cm³/mol. The summed E-state index contributed by atoms with van der Waals surface area (Å²) in [5.74, 6) is 0.849. The number of ketones is 1. The Morgan fingerprint density at radius 3 is 2.80 bits per heavy atom. The Morgan fingerprint density at radius 1 is 1.32 bits per heavy atom. The molecule has 3 aliphatic heterocycles. The van der Waals surface area contributed by atoms with E-state index in [-0.39, 0.29) is 23.7 Å². The lowest BCUT2D eigenvalue weighted by Crippen LogP contribution is -2.59. The van der Waals surface area contributed by atoms with Crippen LogP contribution in [0.3, 0.4) is 0 Å². The Morgan fingerprint density at radius 2 is 2.08 bits per heavy atom. The van der Waals surface area contributed by atoms with Crippen LogP contribution in [0.25, 0.3) is 0 Å². The number of hydrogen-bond donors (Lipinski definition) is 0. The topological polar surface area (TPSA) is 55.8 Å². The van der Waals surface area contributed by atoms with Gasteiger partial charge < -0.3 is 9.47 Å². The average Bonchev–Trinajstić information content (AvgIpc) is 2.79. The monoisotopic (exact) mass is 343 g/mol. The molecule has 134 valence electrons. The first-order valence-corrected chi connectivity index (χ1v) is 9.05. The standard InChI is InChI=1S/C20H25NO4/c1-19(2,3)25-18(23)17-13-8-9-21(17)12-20(10-13)11-15(22)14-6-4-5-7-16(14)24-20/h4-7,13,17H,8-12H2,1-3H3. The Balaban J connectivity index is 1.56. The van der Waals surface area contributed by atoms with E-state index < -0.39 is 11.2 Å². The second kappa shape index (κ2) is 5.56. The van der Waals surface area contributed by atoms with Crippen LogP contribution >= 0.6 is 0 Å². The van der Waals surface area contributed by atoms with Gasteiger partial charge in [-0.15, -0.1) is 0 Å². The molecule has 0 aliphatic carbocycles. The Labute approximate surface area is 148 Å². The van der Waals surface area contributed by atoms with Gasteiger partial charge in [-0.1, -0.05) is 12.1 Å². The number of carbonyl (C=O) groups excluding carboxylic acids is 2. The molecule has 1 aromatic rings. The lowest BCUT2D eigenvalue weighted by molar-refractivity contribution is -0.166. The summed E-state index contributed by atoms with van der Waals surface area (Å²) in [6.07, 6.45) is 2.07. The van der Waals surface area contributed by atoms with Crippen molar-refractivity contribution in [1.82, 2.24) is 4.90 Å². The molecule has 25 heavy (non-hydrogen) atoms. The zero-order valence-electron chi connectivity index (χ0n) is 15.1. The zero-order valence-corrected chi connectivity index (χ0v) is 15.1. The normalized spacial score (nSPS) is 33.7. The molecular formula is C20H25NO4. The van der Waals surface area contributed by atoms with Gasteiger partial charge in [0.25, 0.3) is 0 Å². The van der Waals surface area contributed by atoms with Crippen molar-refractivity contribution in [2.75, 3.05) is 13.1 Å². The van der Waals surface area contributed by atoms with Crippen molar-refractivity contribution in [3.63, 3.8) is 0 Å². The van der Waals surface area contributed by atoms with Crippen LogP contribution in [0.15, 0.2) is 24.3 Å². The van der Waals surface area contributed by atoms with Crippen molar-refractivity contribution in [2.24, 2.45) is 5.92 Å². The summed E-state index contributed by atoms with van der Waals surface area (Å²) in [6, 6.07) is 7.24. The van der Waals surface area contributed by atoms with Crippen molar-refractivity contribution in [3.05, 3.63) is 29.8 Å². The fourth-order valence-electron chi connectivity index (χ4n) is 4.58. The highest BCUT2D eigenvalue weighted by Crippen LogP contribution is 2.45. The maximum Gasteiger partial charge on any atom is 0.324 e. The van der Waals surface area contributed by atoms with Crippen LogP contribution < -0.4 is 4.74 Å². The molecule has 1 aromatic carbocycles. The van der Waals surface area contributed by atoms with Crippen molar-refractivity contribution in [1.29, 1.82) is 0 Å². The van der Waals surface area contributed by atoms with Crippen molar-refractivity contribution in [2.45, 2.75) is 57.3 Å². The van der Waals surface area contributed by atoms with Crippen molar-refractivity contribution in [3.8, 4) is 5.75 Å². The van der Waals surface area contributed by atoms with E-state index in [1.54, 1.807) is 0 Å². The van der Waals surface area contributed by atoms with Crippen molar-refractivity contribution < 1.29 is 19.1 Å². The number of Topliss-reactive ketones (excluding diaryl/α,β-unsaturated/α-hetero) is 1. The lowest BCUT2D eigenvalue weighted by atomic mass is 9.77. The second-order valence-corrected chi connectivity index (χ2v) is 8.58. The molecule has 0 amide bonds. The van der Waals surface area contributed by atoms with Crippen LogP contribution in [0, 0.1) is 5.92 Å². The first-order chi connectivity index (χ1) is 11.8. The average molecular weight is 343 g/mol. The summed E-state index contributed by atoms with van der Waals surface area (Å²) in [5.41, 5.74) is -0.321. The fourth-order valence-corrected chi connectivity index (χ4v) is 4.58. The number of carbonyl (C=O) groups is 2. The van der Waals surface area contributed by atoms with Gasteiger partial charge in [-0.25, -0.2) is 0 Å². The third kappa shape index (κ3) is 2.95. The summed E-state index contributed by atoms with van der Waals surface area (Å²) >= 11 is 0. The van der Waals surface area contributed by atoms with Gasteiger partial charge in [0.2, 0.25) is 0 Å². The molecule has 0 saturated carbocycles. The first kappa shape index (κ1) is 16.6. The molecule has 2 fully saturated rings. The number of nitrogens with zero attached hydrogens (tertiary/aromatic N) is 1. The summed E-state index contributed by atoms with van der Waals surface area (Å²) in [7, 11) is 0. The fraction of sp³-hybridized carbons (Fsp3) is 0.600. The molecule has 4 unspecified atom stereocenters. The number of esters is 1. The van der Waals surface area contributed by atoms with Crippen LogP contribution in [-0.2, 0) is 9.53 Å². The molecule has 3 aliphatic rings. The SMILES string of the molecule is CC(C)(C)OC(=O)C1C2CCN1CC1(CC(=O)c3ccccc3O1)C2. The van der Waals surface area contributed by atoms with Gasteiger partial charge in [0.05, 0.1) is 12.0 Å². The highest BCUT2D eigenvalue weighted by Gasteiger charge is 2.55. The van der Waals surface area contributed by atoms with Gasteiger partial charge in [-0.3, -0.25) is 14.5 Å². The van der Waals surface area contributed by atoms with Gasteiger partial charge in [0, 0.05) is 6.54 Å². The van der Waals surface area contributed by atoms with E-state index in [4.69, 9.17) is 9.47 Å². The number of fused-ring (bicyclic) bond motifs is 3. The third-order valence-electron chi connectivity index (χ3n) is 5.40. The number of ether oxygens (including phenoxy) is 2. The van der Waals surface area contributed by atoms with E-state index in [1.165, 1.54) is 0 Å². The summed E-state index contributed by atoms with van der Waals surface area (Å²) in [6.45, 7) is 7.15. The van der Waals surface area contributed by atoms with Crippen LogP contribution in [0.4, 0.5) is 0 Å². The van der Waals surface area contributed by atoms with E-state index in [0.29, 0.717) is 24.3 Å². The smallest absolute Gasteiger partial charge is 0.324 e. The van der Waals surface area contributed by atoms with E-state index in [2.05, 4.69) is 4.90 Å². The van der Waals surface area contributed by atoms with Gasteiger partial charge in [-0.05, 0) is 58.2 Å². The number of para-hydroxylation sites is 1. The number of benzene rings is 1. The minimum atomic E-state index is -0.509. The quantitative estimate of drug-likeness (QED) is 0.734. The Hall–Kier alpha value is -1.88. The maximum atomic E-state index is 12.6. The van der Waals surface area contributed by atoms with Crippen molar-refractivity contribution >= 4 is 11.8 Å². The predicted octanol–water partition coefficient (Wildman–Crippen LogP) is 2.83.